The summed E-state index contributed by atoms with van der Waals surface area (Å²) in [6, 6.07) is 22.6. The lowest BCUT2D eigenvalue weighted by molar-refractivity contribution is -0.142. The highest BCUT2D eigenvalue weighted by atomic mass is 32.2. The van der Waals surface area contributed by atoms with Crippen LogP contribution < -0.4 is 10.1 Å². The van der Waals surface area contributed by atoms with Crippen LogP contribution in [0.1, 0.15) is 23.6 Å². The first-order valence-corrected chi connectivity index (χ1v) is 14.7. The highest BCUT2D eigenvalue weighted by molar-refractivity contribution is 7.89. The second-order valence-electron chi connectivity index (χ2n) is 9.66. The molecule has 212 valence electrons. The van der Waals surface area contributed by atoms with Crippen LogP contribution in [0.5, 0.6) is 5.75 Å². The van der Waals surface area contributed by atoms with Crippen LogP contribution >= 0.6 is 0 Å². The Kier molecular flexibility index (Phi) is 9.92. The van der Waals surface area contributed by atoms with Crippen molar-refractivity contribution in [1.82, 2.24) is 14.5 Å². The van der Waals surface area contributed by atoms with Crippen LogP contribution in [-0.2, 0) is 37.4 Å². The van der Waals surface area contributed by atoms with Gasteiger partial charge in [-0.3, -0.25) is 9.59 Å². The topological polar surface area (TPSA) is 105 Å². The summed E-state index contributed by atoms with van der Waals surface area (Å²) in [5.74, 6) is -0.292. The van der Waals surface area contributed by atoms with Crippen molar-refractivity contribution in [2.45, 2.75) is 37.9 Å². The van der Waals surface area contributed by atoms with Gasteiger partial charge in [0.15, 0.2) is 6.61 Å². The van der Waals surface area contributed by atoms with Crippen molar-refractivity contribution in [2.24, 2.45) is 0 Å². The van der Waals surface area contributed by atoms with E-state index in [0.29, 0.717) is 38.6 Å². The highest BCUT2D eigenvalue weighted by Crippen LogP contribution is 2.21. The van der Waals surface area contributed by atoms with Crippen molar-refractivity contribution in [2.75, 3.05) is 32.9 Å². The number of hydrogen-bond acceptors (Lipinski definition) is 6. The molecule has 10 heteroatoms. The first-order chi connectivity index (χ1) is 19.2. The Balaban J connectivity index is 1.40. The molecule has 1 saturated heterocycles. The fourth-order valence-electron chi connectivity index (χ4n) is 4.28. The number of nitrogens with one attached hydrogen (secondary N) is 1. The van der Waals surface area contributed by atoms with Gasteiger partial charge in [0.25, 0.3) is 5.91 Å². The van der Waals surface area contributed by atoms with Crippen LogP contribution in [0.4, 0.5) is 0 Å². The number of benzene rings is 3. The molecule has 1 aliphatic heterocycles. The standard InChI is InChI=1S/C30H35N3O6S/c1-23-8-10-25(11-9-23)20-31-30(35)24(2)33(21-26-6-4-3-5-7-26)29(34)22-39-27-12-14-28(15-13-27)40(36,37)32-16-18-38-19-17-32/h3-15,24H,16-22H2,1-2H3,(H,31,35)/t24-/m0/s1. The summed E-state index contributed by atoms with van der Waals surface area (Å²) >= 11 is 0. The molecule has 1 aliphatic rings. The first kappa shape index (κ1) is 29.3. The average Bonchev–Trinajstić information content (AvgIpc) is 2.99. The molecule has 1 fully saturated rings. The predicted octanol–water partition coefficient (Wildman–Crippen LogP) is 3.13. The molecule has 9 nitrogen and oxygen atoms in total. The van der Waals surface area contributed by atoms with Crippen LogP contribution in [0.15, 0.2) is 83.8 Å². The second-order valence-corrected chi connectivity index (χ2v) is 11.6. The maximum absolute atomic E-state index is 13.3. The van der Waals surface area contributed by atoms with Crippen molar-refractivity contribution in [3.05, 3.63) is 95.6 Å². The minimum absolute atomic E-state index is 0.151. The van der Waals surface area contributed by atoms with Crippen molar-refractivity contribution < 1.29 is 27.5 Å². The van der Waals surface area contributed by atoms with Gasteiger partial charge in [-0.15, -0.1) is 0 Å². The molecule has 0 saturated carbocycles. The number of carbonyl (C=O) groups excluding carboxylic acids is 2. The van der Waals surface area contributed by atoms with Crippen LogP contribution in [0.2, 0.25) is 0 Å². The molecular weight excluding hydrogens is 530 g/mol. The van der Waals surface area contributed by atoms with Crippen LogP contribution in [-0.4, -0.2) is 68.4 Å². The predicted molar refractivity (Wildman–Crippen MR) is 151 cm³/mol. The van der Waals surface area contributed by atoms with E-state index < -0.39 is 16.1 Å². The number of ether oxygens (including phenoxy) is 2. The summed E-state index contributed by atoms with van der Waals surface area (Å²) in [6.07, 6.45) is 0. The normalized spacial score (nSPS) is 14.8. The molecule has 0 unspecified atom stereocenters. The van der Waals surface area contributed by atoms with E-state index in [1.54, 1.807) is 6.92 Å². The number of rotatable bonds is 11. The Hall–Kier alpha value is -3.73. The zero-order chi connectivity index (χ0) is 28.5. The Bertz CT molecular complexity index is 1370. The smallest absolute Gasteiger partial charge is 0.261 e. The molecule has 0 aromatic heterocycles. The molecule has 0 bridgehead atoms. The molecule has 40 heavy (non-hydrogen) atoms. The second kappa shape index (κ2) is 13.6. The van der Waals surface area contributed by atoms with E-state index >= 15 is 0 Å². The van der Waals surface area contributed by atoms with Gasteiger partial charge >= 0.3 is 0 Å². The van der Waals surface area contributed by atoms with Gasteiger partial charge in [0.05, 0.1) is 18.1 Å². The number of nitrogens with zero attached hydrogens (tertiary/aromatic N) is 2. The van der Waals surface area contributed by atoms with E-state index in [9.17, 15) is 18.0 Å². The molecule has 0 radical (unpaired) electrons. The first-order valence-electron chi connectivity index (χ1n) is 13.2. The van der Waals surface area contributed by atoms with Crippen molar-refractivity contribution in [3.63, 3.8) is 0 Å². The molecule has 4 rings (SSSR count). The Morgan fingerprint density at radius 1 is 0.950 bits per heavy atom. The maximum Gasteiger partial charge on any atom is 0.261 e. The number of sulfonamides is 1. The van der Waals surface area contributed by atoms with Gasteiger partial charge in [-0.1, -0.05) is 60.2 Å². The third-order valence-corrected chi connectivity index (χ3v) is 8.66. The molecule has 3 aromatic carbocycles. The fraction of sp³-hybridized carbons (Fsp3) is 0.333. The quantitative estimate of drug-likeness (QED) is 0.383. The number of morpholine rings is 1. The maximum atomic E-state index is 13.3. The number of amides is 2. The third kappa shape index (κ3) is 7.68. The van der Waals surface area contributed by atoms with Gasteiger partial charge in [0.1, 0.15) is 11.8 Å². The van der Waals surface area contributed by atoms with Crippen molar-refractivity contribution in [3.8, 4) is 5.75 Å². The SMILES string of the molecule is Cc1ccc(CNC(=O)[C@H](C)N(Cc2ccccc2)C(=O)COc2ccc(S(=O)(=O)N3CCOCC3)cc2)cc1. The summed E-state index contributed by atoms with van der Waals surface area (Å²) < 4.78 is 38.1. The minimum Gasteiger partial charge on any atom is -0.484 e. The third-order valence-electron chi connectivity index (χ3n) is 6.74. The molecule has 1 heterocycles. The van der Waals surface area contributed by atoms with Crippen LogP contribution in [0.3, 0.4) is 0 Å². The molecule has 2 amide bonds. The summed E-state index contributed by atoms with van der Waals surface area (Å²) in [6.45, 7) is 5.32. The monoisotopic (exact) mass is 565 g/mol. The zero-order valence-corrected chi connectivity index (χ0v) is 23.6. The van der Waals surface area contributed by atoms with E-state index in [-0.39, 0.29) is 29.9 Å². The van der Waals surface area contributed by atoms with Crippen LogP contribution in [0.25, 0.3) is 0 Å². The molecule has 1 atom stereocenters. The van der Waals surface area contributed by atoms with E-state index in [0.717, 1.165) is 16.7 Å². The van der Waals surface area contributed by atoms with Gasteiger partial charge < -0.3 is 19.7 Å². The zero-order valence-electron chi connectivity index (χ0n) is 22.8. The fourth-order valence-corrected chi connectivity index (χ4v) is 5.69. The van der Waals surface area contributed by atoms with Crippen molar-refractivity contribution >= 4 is 21.8 Å². The minimum atomic E-state index is -3.63. The lowest BCUT2D eigenvalue weighted by Gasteiger charge is -2.29. The van der Waals surface area contributed by atoms with E-state index in [1.165, 1.54) is 33.5 Å². The largest absolute Gasteiger partial charge is 0.484 e. The van der Waals surface area contributed by atoms with Gasteiger partial charge in [-0.2, -0.15) is 4.31 Å². The van der Waals surface area contributed by atoms with E-state index in [4.69, 9.17) is 9.47 Å². The number of carbonyl (C=O) groups is 2. The summed E-state index contributed by atoms with van der Waals surface area (Å²) in [5, 5.41) is 2.92. The highest BCUT2D eigenvalue weighted by Gasteiger charge is 2.28. The Morgan fingerprint density at radius 2 is 1.60 bits per heavy atom. The molecule has 3 aromatic rings. The molecule has 1 N–H and O–H groups in total. The van der Waals surface area contributed by atoms with Crippen LogP contribution in [0, 0.1) is 6.92 Å². The number of aryl methyl sites for hydroxylation is 1. The lowest BCUT2D eigenvalue weighted by atomic mass is 10.1. The summed E-state index contributed by atoms with van der Waals surface area (Å²) in [4.78, 5) is 28.0. The van der Waals surface area contributed by atoms with Gasteiger partial charge in [0, 0.05) is 26.2 Å². The molecule has 0 spiro atoms. The van der Waals surface area contributed by atoms with Gasteiger partial charge in [-0.05, 0) is 49.2 Å². The Labute approximate surface area is 235 Å². The van der Waals surface area contributed by atoms with E-state index in [1.807, 2.05) is 61.5 Å². The molecule has 0 aliphatic carbocycles. The van der Waals surface area contributed by atoms with Gasteiger partial charge in [0.2, 0.25) is 15.9 Å². The Morgan fingerprint density at radius 3 is 2.25 bits per heavy atom. The van der Waals surface area contributed by atoms with Gasteiger partial charge in [-0.25, -0.2) is 8.42 Å². The molecular formula is C30H35N3O6S. The van der Waals surface area contributed by atoms with Crippen molar-refractivity contribution in [1.29, 1.82) is 0 Å². The lowest BCUT2D eigenvalue weighted by Crippen LogP contribution is -2.48. The summed E-state index contributed by atoms with van der Waals surface area (Å²) in [5.41, 5.74) is 2.98. The summed E-state index contributed by atoms with van der Waals surface area (Å²) in [7, 11) is -3.63. The van der Waals surface area contributed by atoms with E-state index in [2.05, 4.69) is 5.32 Å². The number of hydrogen-bond donors (Lipinski definition) is 1. The average molecular weight is 566 g/mol.